The van der Waals surface area contributed by atoms with Crippen molar-refractivity contribution in [2.24, 2.45) is 0 Å². The Kier molecular flexibility index (Phi) is 6.05. The fourth-order valence-electron chi connectivity index (χ4n) is 2.20. The summed E-state index contributed by atoms with van der Waals surface area (Å²) < 4.78 is 0. The first-order valence-electron chi connectivity index (χ1n) is 7.02. The number of thiophene rings is 1. The molecule has 2 nitrogen and oxygen atoms in total. The van der Waals surface area contributed by atoms with E-state index in [9.17, 15) is 0 Å². The number of aromatic nitrogens is 1. The third-order valence-electron chi connectivity index (χ3n) is 3.28. The monoisotopic (exact) mass is 274 g/mol. The number of hydrogen-bond donors (Lipinski definition) is 1. The summed E-state index contributed by atoms with van der Waals surface area (Å²) >= 11 is 1.78. The molecule has 0 amide bonds. The number of nitrogens with one attached hydrogen (secondary N) is 1. The summed E-state index contributed by atoms with van der Waals surface area (Å²) in [5, 5.41) is 8.08. The van der Waals surface area contributed by atoms with Crippen LogP contribution in [0.3, 0.4) is 0 Å². The molecule has 0 saturated carbocycles. The molecule has 2 aromatic rings. The third-order valence-corrected chi connectivity index (χ3v) is 4.01. The van der Waals surface area contributed by atoms with Crippen molar-refractivity contribution >= 4 is 11.3 Å². The van der Waals surface area contributed by atoms with Crippen LogP contribution in [0.2, 0.25) is 0 Å². The highest BCUT2D eigenvalue weighted by molar-refractivity contribution is 7.07. The van der Waals surface area contributed by atoms with E-state index in [1.54, 1.807) is 11.3 Å². The van der Waals surface area contributed by atoms with Crippen LogP contribution in [0, 0.1) is 0 Å². The summed E-state index contributed by atoms with van der Waals surface area (Å²) in [6.07, 6.45) is 8.39. The van der Waals surface area contributed by atoms with Gasteiger partial charge in [0.1, 0.15) is 0 Å². The largest absolute Gasteiger partial charge is 0.314 e. The van der Waals surface area contributed by atoms with Crippen LogP contribution < -0.4 is 5.32 Å². The Bertz CT molecular complexity index is 439. The Labute approximate surface area is 119 Å². The Morgan fingerprint density at radius 3 is 2.74 bits per heavy atom. The SMILES string of the molecule is CCCNC(CCc1ccsc1)Cc1ccncc1. The highest BCUT2D eigenvalue weighted by Gasteiger charge is 2.09. The lowest BCUT2D eigenvalue weighted by atomic mass is 10.0. The number of hydrogen-bond acceptors (Lipinski definition) is 3. The Morgan fingerprint density at radius 1 is 1.21 bits per heavy atom. The molecule has 0 aliphatic heterocycles. The summed E-state index contributed by atoms with van der Waals surface area (Å²) in [4.78, 5) is 4.08. The number of aryl methyl sites for hydroxylation is 1. The highest BCUT2D eigenvalue weighted by atomic mass is 32.1. The zero-order chi connectivity index (χ0) is 13.3. The normalized spacial score (nSPS) is 12.5. The van der Waals surface area contributed by atoms with Gasteiger partial charge in [0.25, 0.3) is 0 Å². The lowest BCUT2D eigenvalue weighted by Crippen LogP contribution is -2.32. The molecule has 0 aliphatic rings. The van der Waals surface area contributed by atoms with Crippen molar-refractivity contribution in [2.45, 2.75) is 38.6 Å². The van der Waals surface area contributed by atoms with E-state index in [1.165, 1.54) is 24.0 Å². The Hall–Kier alpha value is -1.19. The van der Waals surface area contributed by atoms with Gasteiger partial charge in [-0.05, 0) is 72.3 Å². The fourth-order valence-corrected chi connectivity index (χ4v) is 2.91. The van der Waals surface area contributed by atoms with E-state index in [0.29, 0.717) is 6.04 Å². The maximum atomic E-state index is 4.08. The van der Waals surface area contributed by atoms with Crippen LogP contribution in [0.4, 0.5) is 0 Å². The number of nitrogens with zero attached hydrogens (tertiary/aromatic N) is 1. The molecule has 1 N–H and O–H groups in total. The first kappa shape index (κ1) is 14.2. The molecule has 0 aromatic carbocycles. The van der Waals surface area contributed by atoms with Gasteiger partial charge in [-0.2, -0.15) is 11.3 Å². The van der Waals surface area contributed by atoms with Gasteiger partial charge in [0.05, 0.1) is 0 Å². The average Bonchev–Trinajstić information content (AvgIpc) is 2.96. The molecule has 0 saturated heterocycles. The van der Waals surface area contributed by atoms with Crippen LogP contribution >= 0.6 is 11.3 Å². The van der Waals surface area contributed by atoms with Gasteiger partial charge >= 0.3 is 0 Å². The topological polar surface area (TPSA) is 24.9 Å². The van der Waals surface area contributed by atoms with Crippen LogP contribution in [0.25, 0.3) is 0 Å². The molecule has 3 heteroatoms. The molecule has 0 radical (unpaired) electrons. The first-order valence-corrected chi connectivity index (χ1v) is 7.96. The zero-order valence-corrected chi connectivity index (χ0v) is 12.3. The van der Waals surface area contributed by atoms with E-state index in [2.05, 4.69) is 46.2 Å². The number of pyridine rings is 1. The molecule has 0 spiro atoms. The molecule has 0 aliphatic carbocycles. The van der Waals surface area contributed by atoms with E-state index >= 15 is 0 Å². The zero-order valence-electron chi connectivity index (χ0n) is 11.5. The van der Waals surface area contributed by atoms with Crippen LogP contribution in [0.15, 0.2) is 41.4 Å². The van der Waals surface area contributed by atoms with Gasteiger partial charge in [-0.25, -0.2) is 0 Å². The van der Waals surface area contributed by atoms with Gasteiger partial charge in [0.2, 0.25) is 0 Å². The minimum absolute atomic E-state index is 0.558. The van der Waals surface area contributed by atoms with E-state index in [4.69, 9.17) is 0 Å². The summed E-state index contributed by atoms with van der Waals surface area (Å²) in [7, 11) is 0. The van der Waals surface area contributed by atoms with Crippen LogP contribution in [-0.2, 0) is 12.8 Å². The lowest BCUT2D eigenvalue weighted by Gasteiger charge is -2.18. The quantitative estimate of drug-likeness (QED) is 0.794. The lowest BCUT2D eigenvalue weighted by molar-refractivity contribution is 0.477. The Morgan fingerprint density at radius 2 is 2.05 bits per heavy atom. The average molecular weight is 274 g/mol. The van der Waals surface area contributed by atoms with Gasteiger partial charge in [-0.1, -0.05) is 6.92 Å². The smallest absolute Gasteiger partial charge is 0.0270 e. The second kappa shape index (κ2) is 8.08. The number of rotatable bonds is 8. The van der Waals surface area contributed by atoms with E-state index in [0.717, 1.165) is 19.4 Å². The van der Waals surface area contributed by atoms with Gasteiger partial charge < -0.3 is 5.32 Å². The molecule has 2 heterocycles. The summed E-state index contributed by atoms with van der Waals surface area (Å²) in [6, 6.07) is 7.02. The summed E-state index contributed by atoms with van der Waals surface area (Å²) in [5.41, 5.74) is 2.83. The molecule has 0 fully saturated rings. The van der Waals surface area contributed by atoms with Crippen molar-refractivity contribution in [1.82, 2.24) is 10.3 Å². The maximum absolute atomic E-state index is 4.08. The predicted molar refractivity (Wildman–Crippen MR) is 82.7 cm³/mol. The van der Waals surface area contributed by atoms with E-state index in [1.807, 2.05) is 12.4 Å². The molecular weight excluding hydrogens is 252 g/mol. The van der Waals surface area contributed by atoms with Gasteiger partial charge in [0.15, 0.2) is 0 Å². The fraction of sp³-hybridized carbons (Fsp3) is 0.438. The van der Waals surface area contributed by atoms with Crippen LogP contribution in [0.5, 0.6) is 0 Å². The molecule has 19 heavy (non-hydrogen) atoms. The molecule has 102 valence electrons. The minimum Gasteiger partial charge on any atom is -0.314 e. The van der Waals surface area contributed by atoms with Crippen LogP contribution in [0.1, 0.15) is 30.9 Å². The van der Waals surface area contributed by atoms with Crippen molar-refractivity contribution in [1.29, 1.82) is 0 Å². The maximum Gasteiger partial charge on any atom is 0.0270 e. The van der Waals surface area contributed by atoms with Crippen molar-refractivity contribution in [3.63, 3.8) is 0 Å². The van der Waals surface area contributed by atoms with Crippen molar-refractivity contribution in [3.05, 3.63) is 52.5 Å². The molecule has 1 atom stereocenters. The highest BCUT2D eigenvalue weighted by Crippen LogP contribution is 2.12. The second-order valence-electron chi connectivity index (χ2n) is 4.88. The standard InChI is InChI=1S/C16H22N2S/c1-2-8-18-16(4-3-15-7-11-19-13-15)12-14-5-9-17-10-6-14/h5-7,9-11,13,16,18H,2-4,8,12H2,1H3. The van der Waals surface area contributed by atoms with Gasteiger partial charge in [0, 0.05) is 18.4 Å². The minimum atomic E-state index is 0.558. The van der Waals surface area contributed by atoms with Crippen molar-refractivity contribution < 1.29 is 0 Å². The van der Waals surface area contributed by atoms with E-state index in [-0.39, 0.29) is 0 Å². The van der Waals surface area contributed by atoms with Crippen molar-refractivity contribution in [2.75, 3.05) is 6.54 Å². The summed E-state index contributed by atoms with van der Waals surface area (Å²) in [6.45, 7) is 3.31. The summed E-state index contributed by atoms with van der Waals surface area (Å²) in [5.74, 6) is 0. The third kappa shape index (κ3) is 5.13. The second-order valence-corrected chi connectivity index (χ2v) is 5.66. The van der Waals surface area contributed by atoms with Gasteiger partial charge in [-0.3, -0.25) is 4.98 Å². The molecule has 2 rings (SSSR count). The predicted octanol–water partition coefficient (Wildman–Crippen LogP) is 3.69. The molecule has 1 unspecified atom stereocenters. The molecule has 2 aromatic heterocycles. The molecule has 0 bridgehead atoms. The van der Waals surface area contributed by atoms with Crippen molar-refractivity contribution in [3.8, 4) is 0 Å². The first-order chi connectivity index (χ1) is 9.38. The Balaban J connectivity index is 1.87. The van der Waals surface area contributed by atoms with E-state index < -0.39 is 0 Å². The van der Waals surface area contributed by atoms with Gasteiger partial charge in [-0.15, -0.1) is 0 Å². The van der Waals surface area contributed by atoms with Crippen LogP contribution in [-0.4, -0.2) is 17.6 Å². The molecular formula is C16H22N2S.